The third kappa shape index (κ3) is 2.68. The first-order chi connectivity index (χ1) is 8.49. The maximum absolute atomic E-state index is 12.0. The van der Waals surface area contributed by atoms with E-state index in [0.717, 1.165) is 10.0 Å². The third-order valence-electron chi connectivity index (χ3n) is 2.37. The van der Waals surface area contributed by atoms with Crippen LogP contribution in [0.25, 0.3) is 0 Å². The molecule has 0 aliphatic rings. The highest BCUT2D eigenvalue weighted by molar-refractivity contribution is 9.10. The second-order valence-electron chi connectivity index (χ2n) is 3.75. The number of anilines is 2. The number of nitrogen functional groups attached to an aromatic ring is 1. The molecule has 0 fully saturated rings. The lowest BCUT2D eigenvalue weighted by Gasteiger charge is -2.07. The van der Waals surface area contributed by atoms with Crippen LogP contribution in [0.15, 0.2) is 28.1 Å². The molecule has 3 nitrogen and oxygen atoms in total. The molecule has 1 aromatic carbocycles. The van der Waals surface area contributed by atoms with Gasteiger partial charge in [0.05, 0.1) is 16.4 Å². The van der Waals surface area contributed by atoms with Crippen LogP contribution in [0.1, 0.15) is 15.2 Å². The molecule has 6 heteroatoms. The van der Waals surface area contributed by atoms with Gasteiger partial charge in [-0.3, -0.25) is 4.79 Å². The van der Waals surface area contributed by atoms with E-state index in [1.54, 1.807) is 12.1 Å². The SMILES string of the molecule is Cc1csc(C(=O)Nc2ccc(Br)cc2N)c1Cl. The number of halogens is 2. The Morgan fingerprint density at radius 1 is 1.50 bits per heavy atom. The standard InChI is InChI=1S/C12H10BrClN2OS/c1-6-5-18-11(10(6)14)12(17)16-9-3-2-7(13)4-8(9)15/h2-5H,15H2,1H3,(H,16,17). The van der Waals surface area contributed by atoms with E-state index in [4.69, 9.17) is 17.3 Å². The van der Waals surface area contributed by atoms with Gasteiger partial charge >= 0.3 is 0 Å². The summed E-state index contributed by atoms with van der Waals surface area (Å²) in [5.41, 5.74) is 7.79. The van der Waals surface area contributed by atoms with Gasteiger partial charge in [0.15, 0.2) is 0 Å². The smallest absolute Gasteiger partial charge is 0.267 e. The van der Waals surface area contributed by atoms with E-state index < -0.39 is 0 Å². The Hall–Kier alpha value is -1.04. The average Bonchev–Trinajstić information content (AvgIpc) is 2.64. The zero-order valence-corrected chi connectivity index (χ0v) is 12.6. The molecule has 3 N–H and O–H groups in total. The molecular formula is C12H10BrClN2OS. The van der Waals surface area contributed by atoms with Crippen molar-refractivity contribution in [2.75, 3.05) is 11.1 Å². The number of hydrogen-bond donors (Lipinski definition) is 2. The van der Waals surface area contributed by atoms with Crippen LogP contribution in [-0.2, 0) is 0 Å². The van der Waals surface area contributed by atoms with Gasteiger partial charge in [-0.05, 0) is 36.1 Å². The molecule has 0 atom stereocenters. The summed E-state index contributed by atoms with van der Waals surface area (Å²) in [5.74, 6) is -0.243. The lowest BCUT2D eigenvalue weighted by atomic mass is 10.2. The highest BCUT2D eigenvalue weighted by atomic mass is 79.9. The van der Waals surface area contributed by atoms with Crippen molar-refractivity contribution in [1.29, 1.82) is 0 Å². The highest BCUT2D eigenvalue weighted by Gasteiger charge is 2.15. The van der Waals surface area contributed by atoms with E-state index in [1.807, 2.05) is 18.4 Å². The fourth-order valence-corrected chi connectivity index (χ4v) is 2.96. The lowest BCUT2D eigenvalue weighted by Crippen LogP contribution is -2.12. The van der Waals surface area contributed by atoms with Gasteiger partial charge in [0.2, 0.25) is 0 Å². The van der Waals surface area contributed by atoms with E-state index in [0.29, 0.717) is 21.3 Å². The summed E-state index contributed by atoms with van der Waals surface area (Å²) in [6.07, 6.45) is 0. The maximum Gasteiger partial charge on any atom is 0.267 e. The zero-order valence-electron chi connectivity index (χ0n) is 9.46. The summed E-state index contributed by atoms with van der Waals surface area (Å²) in [4.78, 5) is 12.5. The second kappa shape index (κ2) is 5.30. The normalized spacial score (nSPS) is 10.4. The number of nitrogens with one attached hydrogen (secondary N) is 1. The first-order valence-electron chi connectivity index (χ1n) is 5.09. The molecular weight excluding hydrogens is 336 g/mol. The van der Waals surface area contributed by atoms with Crippen molar-refractivity contribution in [3.8, 4) is 0 Å². The van der Waals surface area contributed by atoms with Crippen LogP contribution in [0, 0.1) is 6.92 Å². The Morgan fingerprint density at radius 3 is 2.78 bits per heavy atom. The van der Waals surface area contributed by atoms with E-state index in [-0.39, 0.29) is 5.91 Å². The Bertz CT molecular complexity index is 612. The molecule has 0 bridgehead atoms. The summed E-state index contributed by atoms with van der Waals surface area (Å²) in [7, 11) is 0. The van der Waals surface area contributed by atoms with E-state index in [1.165, 1.54) is 11.3 Å². The molecule has 0 radical (unpaired) electrons. The van der Waals surface area contributed by atoms with Crippen molar-refractivity contribution in [3.05, 3.63) is 43.5 Å². The number of thiophene rings is 1. The molecule has 0 saturated heterocycles. The minimum Gasteiger partial charge on any atom is -0.397 e. The topological polar surface area (TPSA) is 55.1 Å². The van der Waals surface area contributed by atoms with Crippen molar-refractivity contribution in [2.45, 2.75) is 6.92 Å². The lowest BCUT2D eigenvalue weighted by molar-refractivity contribution is 0.103. The number of carbonyl (C=O) groups excluding carboxylic acids is 1. The minimum atomic E-state index is -0.243. The molecule has 1 aromatic heterocycles. The maximum atomic E-state index is 12.0. The molecule has 0 spiro atoms. The molecule has 0 aliphatic carbocycles. The molecule has 0 saturated carbocycles. The van der Waals surface area contributed by atoms with E-state index >= 15 is 0 Å². The van der Waals surface area contributed by atoms with Gasteiger partial charge in [0.25, 0.3) is 5.91 Å². The monoisotopic (exact) mass is 344 g/mol. The van der Waals surface area contributed by atoms with Gasteiger partial charge in [-0.15, -0.1) is 11.3 Å². The molecule has 18 heavy (non-hydrogen) atoms. The molecule has 94 valence electrons. The Morgan fingerprint density at radius 2 is 2.22 bits per heavy atom. The minimum absolute atomic E-state index is 0.243. The highest BCUT2D eigenvalue weighted by Crippen LogP contribution is 2.29. The van der Waals surface area contributed by atoms with Crippen LogP contribution in [0.4, 0.5) is 11.4 Å². The molecule has 2 aromatic rings. The first kappa shape index (κ1) is 13.4. The Kier molecular flexibility index (Phi) is 3.94. The molecule has 1 amide bonds. The third-order valence-corrected chi connectivity index (χ3v) is 4.56. The van der Waals surface area contributed by atoms with Crippen LogP contribution in [0.2, 0.25) is 5.02 Å². The fraction of sp³-hybridized carbons (Fsp3) is 0.0833. The largest absolute Gasteiger partial charge is 0.397 e. The van der Waals surface area contributed by atoms with Crippen LogP contribution >= 0.6 is 38.9 Å². The number of nitrogens with two attached hydrogens (primary N) is 1. The molecule has 1 heterocycles. The van der Waals surface area contributed by atoms with E-state index in [9.17, 15) is 4.79 Å². The van der Waals surface area contributed by atoms with Crippen molar-refractivity contribution in [2.24, 2.45) is 0 Å². The number of aryl methyl sites for hydroxylation is 1. The van der Waals surface area contributed by atoms with Crippen LogP contribution in [0.3, 0.4) is 0 Å². The van der Waals surface area contributed by atoms with Crippen molar-refractivity contribution >= 4 is 56.1 Å². The summed E-state index contributed by atoms with van der Waals surface area (Å²) in [5, 5.41) is 5.09. The fourth-order valence-electron chi connectivity index (χ4n) is 1.41. The van der Waals surface area contributed by atoms with E-state index in [2.05, 4.69) is 21.2 Å². The summed E-state index contributed by atoms with van der Waals surface area (Å²) in [6, 6.07) is 5.29. The van der Waals surface area contributed by atoms with Crippen molar-refractivity contribution < 1.29 is 4.79 Å². The predicted octanol–water partition coefficient (Wildman–Crippen LogP) is 4.31. The number of amides is 1. The zero-order chi connectivity index (χ0) is 13.3. The first-order valence-corrected chi connectivity index (χ1v) is 7.14. The van der Waals surface area contributed by atoms with Crippen LogP contribution < -0.4 is 11.1 Å². The molecule has 0 aliphatic heterocycles. The van der Waals surface area contributed by atoms with Crippen LogP contribution in [0.5, 0.6) is 0 Å². The van der Waals surface area contributed by atoms with Crippen LogP contribution in [-0.4, -0.2) is 5.91 Å². The van der Waals surface area contributed by atoms with Crippen molar-refractivity contribution in [3.63, 3.8) is 0 Å². The number of rotatable bonds is 2. The Labute approximate surface area is 122 Å². The predicted molar refractivity (Wildman–Crippen MR) is 80.6 cm³/mol. The Balaban J connectivity index is 2.24. The van der Waals surface area contributed by atoms with Gasteiger partial charge in [-0.25, -0.2) is 0 Å². The summed E-state index contributed by atoms with van der Waals surface area (Å²) >= 11 is 10.7. The van der Waals surface area contributed by atoms with Gasteiger partial charge in [0.1, 0.15) is 4.88 Å². The number of carbonyl (C=O) groups is 1. The number of benzene rings is 1. The average molecular weight is 346 g/mol. The quantitative estimate of drug-likeness (QED) is 0.797. The molecule has 0 unspecified atom stereocenters. The number of hydrogen-bond acceptors (Lipinski definition) is 3. The van der Waals surface area contributed by atoms with Gasteiger partial charge < -0.3 is 11.1 Å². The van der Waals surface area contributed by atoms with Gasteiger partial charge in [0, 0.05) is 4.47 Å². The summed E-state index contributed by atoms with van der Waals surface area (Å²) in [6.45, 7) is 1.86. The van der Waals surface area contributed by atoms with Gasteiger partial charge in [-0.1, -0.05) is 27.5 Å². The summed E-state index contributed by atoms with van der Waals surface area (Å²) < 4.78 is 0.864. The van der Waals surface area contributed by atoms with Crippen molar-refractivity contribution in [1.82, 2.24) is 0 Å². The second-order valence-corrected chi connectivity index (χ2v) is 5.92. The van der Waals surface area contributed by atoms with Gasteiger partial charge in [-0.2, -0.15) is 0 Å². The molecule has 2 rings (SSSR count).